The van der Waals surface area contributed by atoms with Crippen LogP contribution in [0.4, 0.5) is 5.69 Å². The quantitative estimate of drug-likeness (QED) is 0.639. The molecule has 0 radical (unpaired) electrons. The lowest BCUT2D eigenvalue weighted by molar-refractivity contribution is -0.384. The van der Waals surface area contributed by atoms with E-state index >= 15 is 0 Å². The molecule has 0 saturated heterocycles. The third-order valence-corrected chi connectivity index (χ3v) is 2.17. The van der Waals surface area contributed by atoms with Crippen molar-refractivity contribution in [3.8, 4) is 11.5 Å². The summed E-state index contributed by atoms with van der Waals surface area (Å²) in [6.07, 6.45) is 0. The number of non-ortho nitro benzene ring substituents is 1. The third-order valence-electron chi connectivity index (χ3n) is 2.17. The average Bonchev–Trinajstić information content (AvgIpc) is 2.78. The van der Waals surface area contributed by atoms with Gasteiger partial charge in [0.15, 0.2) is 5.82 Å². The fourth-order valence-electron chi connectivity index (χ4n) is 1.26. The van der Waals surface area contributed by atoms with E-state index in [1.54, 1.807) is 19.1 Å². The van der Waals surface area contributed by atoms with Crippen LogP contribution >= 0.6 is 0 Å². The highest BCUT2D eigenvalue weighted by atomic mass is 16.6. The Balaban J connectivity index is 2.30. The van der Waals surface area contributed by atoms with Gasteiger partial charge in [0.1, 0.15) is 0 Å². The number of rotatable bonds is 3. The van der Waals surface area contributed by atoms with E-state index in [-0.39, 0.29) is 11.7 Å². The van der Waals surface area contributed by atoms with Crippen LogP contribution in [0.1, 0.15) is 18.8 Å². The molecule has 1 unspecified atom stereocenters. The minimum atomic E-state index is -0.467. The Morgan fingerprint density at radius 3 is 2.53 bits per heavy atom. The summed E-state index contributed by atoms with van der Waals surface area (Å²) in [6.45, 7) is 1.74. The van der Waals surface area contributed by atoms with Gasteiger partial charge in [-0.1, -0.05) is 5.16 Å². The highest BCUT2D eigenvalue weighted by Crippen LogP contribution is 2.21. The van der Waals surface area contributed by atoms with Crippen LogP contribution in [0.25, 0.3) is 11.5 Å². The first-order chi connectivity index (χ1) is 8.08. The zero-order valence-corrected chi connectivity index (χ0v) is 9.03. The monoisotopic (exact) mass is 234 g/mol. The van der Waals surface area contributed by atoms with Crippen molar-refractivity contribution >= 4 is 5.69 Å². The van der Waals surface area contributed by atoms with E-state index in [4.69, 9.17) is 10.3 Å². The molecule has 0 bridgehead atoms. The van der Waals surface area contributed by atoms with Gasteiger partial charge in [0.2, 0.25) is 0 Å². The summed E-state index contributed by atoms with van der Waals surface area (Å²) in [7, 11) is 0. The van der Waals surface area contributed by atoms with E-state index in [2.05, 4.69) is 10.1 Å². The Hall–Kier alpha value is -2.28. The van der Waals surface area contributed by atoms with Gasteiger partial charge in [0, 0.05) is 17.7 Å². The Morgan fingerprint density at radius 2 is 2.06 bits per heavy atom. The lowest BCUT2D eigenvalue weighted by Gasteiger charge is -1.94. The molecule has 2 N–H and O–H groups in total. The molecule has 0 spiro atoms. The largest absolute Gasteiger partial charge is 0.334 e. The molecular weight excluding hydrogens is 224 g/mol. The van der Waals surface area contributed by atoms with E-state index in [0.29, 0.717) is 17.3 Å². The lowest BCUT2D eigenvalue weighted by atomic mass is 10.2. The van der Waals surface area contributed by atoms with Crippen molar-refractivity contribution in [2.24, 2.45) is 5.73 Å². The molecule has 1 heterocycles. The molecule has 1 atom stereocenters. The molecule has 0 aliphatic carbocycles. The second-order valence-electron chi connectivity index (χ2n) is 3.55. The molecule has 1 aromatic carbocycles. The van der Waals surface area contributed by atoms with Crippen molar-refractivity contribution in [3.05, 3.63) is 40.2 Å². The van der Waals surface area contributed by atoms with Crippen LogP contribution in [-0.2, 0) is 0 Å². The van der Waals surface area contributed by atoms with Gasteiger partial charge in [-0.15, -0.1) is 0 Å². The summed E-state index contributed by atoms with van der Waals surface area (Å²) >= 11 is 0. The van der Waals surface area contributed by atoms with E-state index in [0.717, 1.165) is 0 Å². The minimum Gasteiger partial charge on any atom is -0.334 e. The third kappa shape index (κ3) is 2.28. The Kier molecular flexibility index (Phi) is 2.84. The van der Waals surface area contributed by atoms with Crippen molar-refractivity contribution in [1.29, 1.82) is 0 Å². The molecule has 1 aromatic heterocycles. The molecular formula is C10H10N4O3. The predicted octanol–water partition coefficient (Wildman–Crippen LogP) is 1.66. The second-order valence-corrected chi connectivity index (χ2v) is 3.55. The maximum atomic E-state index is 10.5. The minimum absolute atomic E-state index is 0.0145. The van der Waals surface area contributed by atoms with Gasteiger partial charge in [-0.2, -0.15) is 4.98 Å². The van der Waals surface area contributed by atoms with Crippen molar-refractivity contribution < 1.29 is 9.45 Å². The molecule has 88 valence electrons. The SMILES string of the molecule is CC(N)c1noc(-c2ccc([N+](=O)[O-])cc2)n1. The van der Waals surface area contributed by atoms with Crippen LogP contribution < -0.4 is 5.73 Å². The smallest absolute Gasteiger partial charge is 0.269 e. The van der Waals surface area contributed by atoms with Crippen molar-refractivity contribution in [2.45, 2.75) is 13.0 Å². The number of aromatic nitrogens is 2. The fourth-order valence-corrected chi connectivity index (χ4v) is 1.26. The zero-order chi connectivity index (χ0) is 12.4. The van der Waals surface area contributed by atoms with Crippen LogP contribution in [0.3, 0.4) is 0 Å². The van der Waals surface area contributed by atoms with Gasteiger partial charge in [-0.05, 0) is 19.1 Å². The summed E-state index contributed by atoms with van der Waals surface area (Å²) in [5, 5.41) is 14.2. The van der Waals surface area contributed by atoms with Gasteiger partial charge < -0.3 is 10.3 Å². The van der Waals surface area contributed by atoms with E-state index in [9.17, 15) is 10.1 Å². The first-order valence-electron chi connectivity index (χ1n) is 4.92. The molecule has 7 heteroatoms. The molecule has 2 rings (SSSR count). The van der Waals surface area contributed by atoms with Crippen molar-refractivity contribution in [2.75, 3.05) is 0 Å². The first-order valence-corrected chi connectivity index (χ1v) is 4.92. The number of nitro benzene ring substituents is 1. The van der Waals surface area contributed by atoms with Gasteiger partial charge in [-0.3, -0.25) is 10.1 Å². The van der Waals surface area contributed by atoms with Gasteiger partial charge in [-0.25, -0.2) is 0 Å². The van der Waals surface area contributed by atoms with Crippen molar-refractivity contribution in [1.82, 2.24) is 10.1 Å². The van der Waals surface area contributed by atoms with Gasteiger partial charge in [0.05, 0.1) is 11.0 Å². The van der Waals surface area contributed by atoms with E-state index in [1.165, 1.54) is 12.1 Å². The van der Waals surface area contributed by atoms with Gasteiger partial charge in [0.25, 0.3) is 11.6 Å². The summed E-state index contributed by atoms with van der Waals surface area (Å²) in [5.41, 5.74) is 6.23. The molecule has 0 fully saturated rings. The summed E-state index contributed by atoms with van der Waals surface area (Å²) in [4.78, 5) is 14.1. The van der Waals surface area contributed by atoms with Gasteiger partial charge >= 0.3 is 0 Å². The normalized spacial score (nSPS) is 12.4. The predicted molar refractivity (Wildman–Crippen MR) is 59.0 cm³/mol. The van der Waals surface area contributed by atoms with Crippen molar-refractivity contribution in [3.63, 3.8) is 0 Å². The molecule has 0 saturated carbocycles. The lowest BCUT2D eigenvalue weighted by Crippen LogP contribution is -2.06. The molecule has 0 aliphatic rings. The van der Waals surface area contributed by atoms with Crippen LogP contribution in [0.2, 0.25) is 0 Å². The number of nitrogens with zero attached hydrogens (tertiary/aromatic N) is 3. The first kappa shape index (κ1) is 11.2. The maximum Gasteiger partial charge on any atom is 0.269 e. The van der Waals surface area contributed by atoms with Crippen LogP contribution in [0, 0.1) is 10.1 Å². The second kappa shape index (κ2) is 4.30. The summed E-state index contributed by atoms with van der Waals surface area (Å²) in [6, 6.07) is 5.55. The van der Waals surface area contributed by atoms with Crippen LogP contribution in [-0.4, -0.2) is 15.1 Å². The number of hydrogen-bond donors (Lipinski definition) is 1. The Labute approximate surface area is 96.4 Å². The van der Waals surface area contributed by atoms with E-state index < -0.39 is 4.92 Å². The summed E-state index contributed by atoms with van der Waals surface area (Å²) in [5.74, 6) is 0.700. The molecule has 2 aromatic rings. The Bertz CT molecular complexity index is 533. The topological polar surface area (TPSA) is 108 Å². The highest BCUT2D eigenvalue weighted by molar-refractivity contribution is 5.55. The number of hydrogen-bond acceptors (Lipinski definition) is 6. The number of nitrogens with two attached hydrogens (primary N) is 1. The molecule has 0 amide bonds. The molecule has 7 nitrogen and oxygen atoms in total. The fraction of sp³-hybridized carbons (Fsp3) is 0.200. The number of nitro groups is 1. The highest BCUT2D eigenvalue weighted by Gasteiger charge is 2.12. The Morgan fingerprint density at radius 1 is 1.41 bits per heavy atom. The van der Waals surface area contributed by atoms with Crippen LogP contribution in [0.15, 0.2) is 28.8 Å². The molecule has 17 heavy (non-hydrogen) atoms. The van der Waals surface area contributed by atoms with E-state index in [1.807, 2.05) is 0 Å². The van der Waals surface area contributed by atoms with Crippen LogP contribution in [0.5, 0.6) is 0 Å². The average molecular weight is 234 g/mol. The number of benzene rings is 1. The zero-order valence-electron chi connectivity index (χ0n) is 9.03. The standard InChI is InChI=1S/C10H10N4O3/c1-6(11)9-12-10(17-13-9)7-2-4-8(5-3-7)14(15)16/h2-6H,11H2,1H3. The molecule has 0 aliphatic heterocycles. The maximum absolute atomic E-state index is 10.5. The summed E-state index contributed by atoms with van der Waals surface area (Å²) < 4.78 is 5.00.